The van der Waals surface area contributed by atoms with Gasteiger partial charge in [-0.25, -0.2) is 0 Å². The van der Waals surface area contributed by atoms with Crippen molar-refractivity contribution in [3.8, 4) is 5.88 Å². The van der Waals surface area contributed by atoms with E-state index in [4.69, 9.17) is 10.5 Å². The SMILES string of the molecule is COc1cccc(N2CCC(C)(CN)C2)n1. The summed E-state index contributed by atoms with van der Waals surface area (Å²) in [7, 11) is 1.64. The molecule has 4 nitrogen and oxygen atoms in total. The summed E-state index contributed by atoms with van der Waals surface area (Å²) in [5.74, 6) is 1.65. The Morgan fingerprint density at radius 3 is 3.00 bits per heavy atom. The van der Waals surface area contributed by atoms with Gasteiger partial charge in [0.2, 0.25) is 5.88 Å². The molecule has 1 unspecified atom stereocenters. The van der Waals surface area contributed by atoms with E-state index in [1.165, 1.54) is 0 Å². The number of nitrogens with two attached hydrogens (primary N) is 1. The first-order chi connectivity index (χ1) is 7.67. The summed E-state index contributed by atoms with van der Waals surface area (Å²) in [6, 6.07) is 5.85. The van der Waals surface area contributed by atoms with Crippen molar-refractivity contribution in [2.45, 2.75) is 13.3 Å². The summed E-state index contributed by atoms with van der Waals surface area (Å²) in [4.78, 5) is 6.71. The van der Waals surface area contributed by atoms with Gasteiger partial charge in [0.15, 0.2) is 0 Å². The molecular formula is C12H19N3O. The minimum atomic E-state index is 0.227. The summed E-state index contributed by atoms with van der Waals surface area (Å²) in [6.45, 7) is 4.96. The van der Waals surface area contributed by atoms with Crippen molar-refractivity contribution >= 4 is 5.82 Å². The normalized spacial score (nSPS) is 24.8. The van der Waals surface area contributed by atoms with Gasteiger partial charge in [-0.3, -0.25) is 0 Å². The molecule has 0 amide bonds. The van der Waals surface area contributed by atoms with Crippen molar-refractivity contribution < 1.29 is 4.74 Å². The number of hydrogen-bond donors (Lipinski definition) is 1. The average molecular weight is 221 g/mol. The molecule has 16 heavy (non-hydrogen) atoms. The summed E-state index contributed by atoms with van der Waals surface area (Å²) in [6.07, 6.45) is 1.13. The lowest BCUT2D eigenvalue weighted by atomic mass is 9.90. The largest absolute Gasteiger partial charge is 0.481 e. The molecular weight excluding hydrogens is 202 g/mol. The van der Waals surface area contributed by atoms with Crippen molar-refractivity contribution in [2.24, 2.45) is 11.1 Å². The van der Waals surface area contributed by atoms with Gasteiger partial charge in [-0.15, -0.1) is 0 Å². The third kappa shape index (κ3) is 2.11. The number of aromatic nitrogens is 1. The molecule has 2 heterocycles. The van der Waals surface area contributed by atoms with Gasteiger partial charge in [0.05, 0.1) is 7.11 Å². The van der Waals surface area contributed by atoms with Gasteiger partial charge in [0, 0.05) is 19.2 Å². The first kappa shape index (κ1) is 11.2. The highest BCUT2D eigenvalue weighted by molar-refractivity contribution is 5.42. The monoisotopic (exact) mass is 221 g/mol. The van der Waals surface area contributed by atoms with Gasteiger partial charge in [0.25, 0.3) is 0 Å². The molecule has 0 spiro atoms. The van der Waals surface area contributed by atoms with E-state index in [1.54, 1.807) is 7.11 Å². The van der Waals surface area contributed by atoms with E-state index < -0.39 is 0 Å². The number of methoxy groups -OCH3 is 1. The average Bonchev–Trinajstić information content (AvgIpc) is 2.73. The molecule has 2 N–H and O–H groups in total. The molecule has 2 rings (SSSR count). The maximum atomic E-state index is 5.79. The Bertz CT molecular complexity index is 369. The van der Waals surface area contributed by atoms with E-state index >= 15 is 0 Å². The van der Waals surface area contributed by atoms with Gasteiger partial charge < -0.3 is 15.4 Å². The van der Waals surface area contributed by atoms with E-state index in [0.717, 1.165) is 31.9 Å². The predicted molar refractivity (Wildman–Crippen MR) is 64.8 cm³/mol. The smallest absolute Gasteiger partial charge is 0.214 e. The Kier molecular flexibility index (Phi) is 3.01. The predicted octanol–water partition coefficient (Wildman–Crippen LogP) is 1.27. The van der Waals surface area contributed by atoms with Crippen LogP contribution in [0.25, 0.3) is 0 Å². The van der Waals surface area contributed by atoms with Crippen LogP contribution in [0.5, 0.6) is 5.88 Å². The topological polar surface area (TPSA) is 51.4 Å². The second-order valence-corrected chi connectivity index (χ2v) is 4.72. The summed E-state index contributed by atoms with van der Waals surface area (Å²) in [5, 5.41) is 0. The summed E-state index contributed by atoms with van der Waals surface area (Å²) < 4.78 is 5.13. The zero-order valence-corrected chi connectivity index (χ0v) is 9.94. The molecule has 1 aliphatic heterocycles. The van der Waals surface area contributed by atoms with Crippen LogP contribution in [0, 0.1) is 5.41 Å². The lowest BCUT2D eigenvalue weighted by Gasteiger charge is -2.23. The highest BCUT2D eigenvalue weighted by Gasteiger charge is 2.33. The molecule has 1 aliphatic rings. The van der Waals surface area contributed by atoms with E-state index in [0.29, 0.717) is 5.88 Å². The molecule has 0 bridgehead atoms. The maximum Gasteiger partial charge on any atom is 0.214 e. The van der Waals surface area contributed by atoms with Crippen LogP contribution in [0.15, 0.2) is 18.2 Å². The van der Waals surface area contributed by atoms with Crippen molar-refractivity contribution in [1.82, 2.24) is 4.98 Å². The number of ether oxygens (including phenoxy) is 1. The first-order valence-electron chi connectivity index (χ1n) is 5.63. The van der Waals surface area contributed by atoms with Crippen molar-refractivity contribution in [2.75, 3.05) is 31.6 Å². The number of hydrogen-bond acceptors (Lipinski definition) is 4. The fourth-order valence-corrected chi connectivity index (χ4v) is 2.08. The third-order valence-corrected chi connectivity index (χ3v) is 3.29. The molecule has 1 saturated heterocycles. The van der Waals surface area contributed by atoms with Crippen molar-refractivity contribution in [1.29, 1.82) is 0 Å². The Morgan fingerprint density at radius 1 is 1.56 bits per heavy atom. The zero-order chi connectivity index (χ0) is 11.6. The van der Waals surface area contributed by atoms with Gasteiger partial charge in [-0.2, -0.15) is 4.98 Å². The lowest BCUT2D eigenvalue weighted by molar-refractivity contribution is 0.382. The standard InChI is InChI=1S/C12H19N3O/c1-12(8-13)6-7-15(9-12)10-4-3-5-11(14-10)16-2/h3-5H,6-9,13H2,1-2H3. The Morgan fingerprint density at radius 2 is 2.38 bits per heavy atom. The Hall–Kier alpha value is -1.29. The van der Waals surface area contributed by atoms with Crippen LogP contribution >= 0.6 is 0 Å². The number of anilines is 1. The van der Waals surface area contributed by atoms with Gasteiger partial charge in [-0.05, 0) is 24.4 Å². The zero-order valence-electron chi connectivity index (χ0n) is 9.94. The Labute approximate surface area is 96.4 Å². The summed E-state index contributed by atoms with van der Waals surface area (Å²) >= 11 is 0. The molecule has 4 heteroatoms. The second kappa shape index (κ2) is 4.29. The second-order valence-electron chi connectivity index (χ2n) is 4.72. The van der Waals surface area contributed by atoms with Gasteiger partial charge >= 0.3 is 0 Å². The number of pyridine rings is 1. The molecule has 0 saturated carbocycles. The van der Waals surface area contributed by atoms with Crippen LogP contribution in [0.1, 0.15) is 13.3 Å². The molecule has 1 aromatic heterocycles. The van der Waals surface area contributed by atoms with Crippen LogP contribution in [0.4, 0.5) is 5.82 Å². The van der Waals surface area contributed by atoms with Crippen molar-refractivity contribution in [3.05, 3.63) is 18.2 Å². The minimum absolute atomic E-state index is 0.227. The third-order valence-electron chi connectivity index (χ3n) is 3.29. The highest BCUT2D eigenvalue weighted by atomic mass is 16.5. The molecule has 0 aromatic carbocycles. The van der Waals surface area contributed by atoms with Crippen molar-refractivity contribution in [3.63, 3.8) is 0 Å². The van der Waals surface area contributed by atoms with Crippen LogP contribution in [-0.4, -0.2) is 31.7 Å². The fraction of sp³-hybridized carbons (Fsp3) is 0.583. The number of rotatable bonds is 3. The highest BCUT2D eigenvalue weighted by Crippen LogP contribution is 2.31. The van der Waals surface area contributed by atoms with Crippen LogP contribution < -0.4 is 15.4 Å². The quantitative estimate of drug-likeness (QED) is 0.835. The fourth-order valence-electron chi connectivity index (χ4n) is 2.08. The molecule has 1 atom stereocenters. The molecule has 0 radical (unpaired) electrons. The molecule has 1 aromatic rings. The van der Waals surface area contributed by atoms with E-state index in [1.807, 2.05) is 18.2 Å². The molecule has 0 aliphatic carbocycles. The van der Waals surface area contributed by atoms with Crippen LogP contribution in [-0.2, 0) is 0 Å². The van der Waals surface area contributed by atoms with Gasteiger partial charge in [0.1, 0.15) is 5.82 Å². The van der Waals surface area contributed by atoms with Crippen LogP contribution in [0.3, 0.4) is 0 Å². The maximum absolute atomic E-state index is 5.79. The lowest BCUT2D eigenvalue weighted by Crippen LogP contribution is -2.31. The van der Waals surface area contributed by atoms with E-state index in [-0.39, 0.29) is 5.41 Å². The van der Waals surface area contributed by atoms with E-state index in [2.05, 4.69) is 16.8 Å². The molecule has 1 fully saturated rings. The minimum Gasteiger partial charge on any atom is -0.481 e. The van der Waals surface area contributed by atoms with E-state index in [9.17, 15) is 0 Å². The Balaban J connectivity index is 2.14. The summed E-state index contributed by atoms with van der Waals surface area (Å²) in [5.41, 5.74) is 6.02. The van der Waals surface area contributed by atoms with Gasteiger partial charge in [-0.1, -0.05) is 13.0 Å². The number of nitrogens with zero attached hydrogens (tertiary/aromatic N) is 2. The molecule has 88 valence electrons. The van der Waals surface area contributed by atoms with Crippen LogP contribution in [0.2, 0.25) is 0 Å². The first-order valence-corrected chi connectivity index (χ1v) is 5.63.